The minimum absolute atomic E-state index is 0.0267. The molecule has 0 saturated carbocycles. The highest BCUT2D eigenvalue weighted by atomic mass is 35.5. The first-order valence-corrected chi connectivity index (χ1v) is 5.97. The van der Waals surface area contributed by atoms with Crippen LogP contribution in [0.1, 0.15) is 16.1 Å². The molecule has 0 spiro atoms. The zero-order valence-corrected chi connectivity index (χ0v) is 11.1. The summed E-state index contributed by atoms with van der Waals surface area (Å²) in [5, 5.41) is 0.572. The van der Waals surface area contributed by atoms with Gasteiger partial charge in [-0.2, -0.15) is 0 Å². The van der Waals surface area contributed by atoms with Crippen LogP contribution in [0.4, 0.5) is 0 Å². The molecule has 3 nitrogen and oxygen atoms in total. The summed E-state index contributed by atoms with van der Waals surface area (Å²) < 4.78 is 6.99. The van der Waals surface area contributed by atoms with E-state index in [2.05, 4.69) is 0 Å². The largest absolute Gasteiger partial charge is 0.495 e. The summed E-state index contributed by atoms with van der Waals surface area (Å²) in [6, 6.07) is 8.87. The topological polar surface area (TPSA) is 31.2 Å². The fraction of sp³-hybridized carbons (Fsp3) is 0.214. The summed E-state index contributed by atoms with van der Waals surface area (Å²) in [5.74, 6) is 0.783. The van der Waals surface area contributed by atoms with Crippen LogP contribution in [0.5, 0.6) is 5.75 Å². The molecule has 1 aromatic carbocycles. The van der Waals surface area contributed by atoms with Gasteiger partial charge in [0.05, 0.1) is 13.7 Å². The molecule has 0 saturated heterocycles. The Kier molecular flexibility index (Phi) is 3.72. The molecule has 0 fully saturated rings. The quantitative estimate of drug-likeness (QED) is 0.792. The Labute approximate surface area is 111 Å². The van der Waals surface area contributed by atoms with Crippen LogP contribution in [0.25, 0.3) is 0 Å². The lowest BCUT2D eigenvalue weighted by atomic mass is 10.1. The predicted molar refractivity (Wildman–Crippen MR) is 71.5 cm³/mol. The van der Waals surface area contributed by atoms with Crippen molar-refractivity contribution in [3.8, 4) is 5.75 Å². The number of ketones is 1. The van der Waals surface area contributed by atoms with Gasteiger partial charge in [-0.1, -0.05) is 23.7 Å². The van der Waals surface area contributed by atoms with Crippen LogP contribution in [0.15, 0.2) is 36.5 Å². The molecule has 2 rings (SSSR count). The van der Waals surface area contributed by atoms with E-state index in [4.69, 9.17) is 16.3 Å². The average molecular weight is 264 g/mol. The molecule has 4 heteroatoms. The molecular weight excluding hydrogens is 250 g/mol. The first-order chi connectivity index (χ1) is 8.60. The van der Waals surface area contributed by atoms with Crippen LogP contribution in [0, 0.1) is 6.92 Å². The Morgan fingerprint density at radius 2 is 2.17 bits per heavy atom. The van der Waals surface area contributed by atoms with E-state index in [0.717, 1.165) is 11.4 Å². The van der Waals surface area contributed by atoms with Gasteiger partial charge >= 0.3 is 0 Å². The first kappa shape index (κ1) is 12.7. The fourth-order valence-electron chi connectivity index (χ4n) is 1.77. The maximum absolute atomic E-state index is 12.1. The highest BCUT2D eigenvalue weighted by Crippen LogP contribution is 2.17. The summed E-state index contributed by atoms with van der Waals surface area (Å²) in [7, 11) is 1.61. The molecule has 1 aromatic heterocycles. The molecule has 0 unspecified atom stereocenters. The van der Waals surface area contributed by atoms with Crippen LogP contribution in [-0.2, 0) is 6.54 Å². The van der Waals surface area contributed by atoms with Gasteiger partial charge in [-0.15, -0.1) is 0 Å². The summed E-state index contributed by atoms with van der Waals surface area (Å²) in [4.78, 5) is 12.1. The molecule has 0 radical (unpaired) electrons. The number of hydrogen-bond acceptors (Lipinski definition) is 2. The number of carbonyl (C=O) groups is 1. The lowest BCUT2D eigenvalue weighted by molar-refractivity contribution is 0.0971. The van der Waals surface area contributed by atoms with Crippen LogP contribution in [-0.4, -0.2) is 17.5 Å². The Bertz CT molecular complexity index is 575. The Morgan fingerprint density at radius 1 is 1.39 bits per heavy atom. The summed E-state index contributed by atoms with van der Waals surface area (Å²) in [5.41, 5.74) is 1.61. The third-order valence-electron chi connectivity index (χ3n) is 2.78. The lowest BCUT2D eigenvalue weighted by Crippen LogP contribution is -2.10. The van der Waals surface area contributed by atoms with Gasteiger partial charge in [-0.05, 0) is 19.1 Å². The molecule has 94 valence electrons. The molecule has 2 aromatic rings. The zero-order chi connectivity index (χ0) is 13.1. The number of aromatic nitrogens is 1. The third-order valence-corrected chi connectivity index (χ3v) is 3.02. The van der Waals surface area contributed by atoms with E-state index in [1.807, 2.05) is 23.8 Å². The number of methoxy groups -OCH3 is 1. The Hall–Kier alpha value is -1.74. The number of hydrogen-bond donors (Lipinski definition) is 0. The van der Waals surface area contributed by atoms with Crippen molar-refractivity contribution in [1.29, 1.82) is 0 Å². The van der Waals surface area contributed by atoms with E-state index in [9.17, 15) is 4.79 Å². The van der Waals surface area contributed by atoms with Crippen LogP contribution < -0.4 is 4.74 Å². The van der Waals surface area contributed by atoms with Crippen molar-refractivity contribution in [3.05, 3.63) is 52.8 Å². The van der Waals surface area contributed by atoms with Crippen molar-refractivity contribution < 1.29 is 9.53 Å². The summed E-state index contributed by atoms with van der Waals surface area (Å²) in [6.45, 7) is 2.23. The van der Waals surface area contributed by atoms with E-state index >= 15 is 0 Å². The van der Waals surface area contributed by atoms with E-state index in [1.54, 1.807) is 31.4 Å². The maximum atomic E-state index is 12.1. The average Bonchev–Trinajstić information content (AvgIpc) is 2.70. The Morgan fingerprint density at radius 3 is 2.78 bits per heavy atom. The standard InChI is InChI=1S/C14H14ClNO2/c1-10-6-13(18-2)8-16(10)9-14(17)11-4-3-5-12(15)7-11/h3-8H,9H2,1-2H3. The molecule has 0 atom stereocenters. The van der Waals surface area contributed by atoms with Crippen molar-refractivity contribution in [2.24, 2.45) is 0 Å². The number of ether oxygens (including phenoxy) is 1. The maximum Gasteiger partial charge on any atom is 0.182 e. The molecular formula is C14H14ClNO2. The smallest absolute Gasteiger partial charge is 0.182 e. The Balaban J connectivity index is 2.18. The summed E-state index contributed by atoms with van der Waals surface area (Å²) >= 11 is 5.87. The second-order valence-corrected chi connectivity index (χ2v) is 4.52. The third kappa shape index (κ3) is 2.74. The second kappa shape index (κ2) is 5.27. The van der Waals surface area contributed by atoms with Crippen LogP contribution in [0.2, 0.25) is 5.02 Å². The lowest BCUT2D eigenvalue weighted by Gasteiger charge is -2.05. The first-order valence-electron chi connectivity index (χ1n) is 5.59. The zero-order valence-electron chi connectivity index (χ0n) is 10.3. The van der Waals surface area contributed by atoms with Gasteiger partial charge in [-0.3, -0.25) is 4.79 Å². The van der Waals surface area contributed by atoms with Gasteiger partial charge in [0.2, 0.25) is 0 Å². The SMILES string of the molecule is COc1cc(C)n(CC(=O)c2cccc(Cl)c2)c1. The number of rotatable bonds is 4. The van der Waals surface area contributed by atoms with Gasteiger partial charge in [-0.25, -0.2) is 0 Å². The van der Waals surface area contributed by atoms with E-state index in [1.165, 1.54) is 0 Å². The monoisotopic (exact) mass is 263 g/mol. The van der Waals surface area contributed by atoms with Gasteiger partial charge < -0.3 is 9.30 Å². The van der Waals surface area contributed by atoms with E-state index in [0.29, 0.717) is 10.6 Å². The number of nitrogens with zero attached hydrogens (tertiary/aromatic N) is 1. The van der Waals surface area contributed by atoms with Gasteiger partial charge in [0, 0.05) is 28.5 Å². The molecule has 18 heavy (non-hydrogen) atoms. The molecule has 1 heterocycles. The second-order valence-electron chi connectivity index (χ2n) is 4.08. The normalized spacial score (nSPS) is 10.4. The van der Waals surface area contributed by atoms with Crippen molar-refractivity contribution in [3.63, 3.8) is 0 Å². The molecule has 0 aliphatic heterocycles. The van der Waals surface area contributed by atoms with Crippen LogP contribution >= 0.6 is 11.6 Å². The minimum atomic E-state index is 0.0267. The van der Waals surface area contributed by atoms with Crippen molar-refractivity contribution in [2.45, 2.75) is 13.5 Å². The molecule has 0 aliphatic carbocycles. The van der Waals surface area contributed by atoms with E-state index in [-0.39, 0.29) is 12.3 Å². The van der Waals surface area contributed by atoms with E-state index < -0.39 is 0 Å². The van der Waals surface area contributed by atoms with Gasteiger partial charge in [0.15, 0.2) is 5.78 Å². The highest BCUT2D eigenvalue weighted by molar-refractivity contribution is 6.31. The van der Waals surface area contributed by atoms with Crippen LogP contribution in [0.3, 0.4) is 0 Å². The number of aryl methyl sites for hydroxylation is 1. The minimum Gasteiger partial charge on any atom is -0.495 e. The molecule has 0 N–H and O–H groups in total. The highest BCUT2D eigenvalue weighted by Gasteiger charge is 2.09. The fourth-order valence-corrected chi connectivity index (χ4v) is 1.96. The molecule has 0 aliphatic rings. The number of benzene rings is 1. The van der Waals surface area contributed by atoms with Crippen molar-refractivity contribution >= 4 is 17.4 Å². The summed E-state index contributed by atoms with van der Waals surface area (Å²) in [6.07, 6.45) is 1.82. The van der Waals surface area contributed by atoms with Gasteiger partial charge in [0.1, 0.15) is 5.75 Å². The van der Waals surface area contributed by atoms with Crippen molar-refractivity contribution in [1.82, 2.24) is 4.57 Å². The van der Waals surface area contributed by atoms with Gasteiger partial charge in [0.25, 0.3) is 0 Å². The molecule has 0 bridgehead atoms. The predicted octanol–water partition coefficient (Wildman–Crippen LogP) is 3.34. The number of halogens is 1. The number of carbonyl (C=O) groups excluding carboxylic acids is 1. The van der Waals surface area contributed by atoms with Crippen molar-refractivity contribution in [2.75, 3.05) is 7.11 Å². The number of Topliss-reactive ketones (excluding diaryl/α,β-unsaturated/α-hetero) is 1. The molecule has 0 amide bonds.